The van der Waals surface area contributed by atoms with Crippen LogP contribution in [-0.4, -0.2) is 55.4 Å². The highest BCUT2D eigenvalue weighted by atomic mass is 16.5. The van der Waals surface area contributed by atoms with Crippen LogP contribution in [0.3, 0.4) is 0 Å². The molecule has 1 heterocycles. The summed E-state index contributed by atoms with van der Waals surface area (Å²) in [4.78, 5) is 13.6. The number of ether oxygens (including phenoxy) is 2. The fraction of sp³-hybridized carbons (Fsp3) is 0.588. The molecule has 2 rings (SSSR count). The first-order valence-electron chi connectivity index (χ1n) is 7.80. The molecule has 5 heteroatoms. The fourth-order valence-corrected chi connectivity index (χ4v) is 2.80. The molecule has 1 fully saturated rings. The van der Waals surface area contributed by atoms with Crippen LogP contribution in [0.25, 0.3) is 0 Å². The highest BCUT2D eigenvalue weighted by Crippen LogP contribution is 2.16. The minimum atomic E-state index is -0.509. The molecule has 1 aromatic rings. The quantitative estimate of drug-likeness (QED) is 0.814. The van der Waals surface area contributed by atoms with E-state index < -0.39 is 6.10 Å². The molecule has 0 radical (unpaired) electrons. The molecule has 0 amide bonds. The van der Waals surface area contributed by atoms with Crippen LogP contribution in [-0.2, 0) is 4.74 Å². The molecule has 22 heavy (non-hydrogen) atoms. The fourth-order valence-electron chi connectivity index (χ4n) is 2.80. The van der Waals surface area contributed by atoms with Crippen molar-refractivity contribution in [1.29, 1.82) is 0 Å². The molecule has 2 atom stereocenters. The van der Waals surface area contributed by atoms with Gasteiger partial charge >= 0.3 is 5.97 Å². The molecule has 122 valence electrons. The normalized spacial score (nSPS) is 20.4. The lowest BCUT2D eigenvalue weighted by atomic mass is 10.0. The van der Waals surface area contributed by atoms with Crippen molar-refractivity contribution in [2.45, 2.75) is 25.9 Å². The van der Waals surface area contributed by atoms with Crippen molar-refractivity contribution in [3.05, 3.63) is 29.8 Å². The number of esters is 1. The Morgan fingerprint density at radius 3 is 2.77 bits per heavy atom. The number of carbonyl (C=O) groups excluding carboxylic acids is 1. The van der Waals surface area contributed by atoms with E-state index in [0.29, 0.717) is 23.8 Å². The van der Waals surface area contributed by atoms with Gasteiger partial charge < -0.3 is 19.5 Å². The number of carbonyl (C=O) groups is 1. The Bertz CT molecular complexity index is 474. The molecular formula is C17H25NO4. The monoisotopic (exact) mass is 307 g/mol. The lowest BCUT2D eigenvalue weighted by Gasteiger charge is -2.32. The Morgan fingerprint density at radius 1 is 1.41 bits per heavy atom. The van der Waals surface area contributed by atoms with Crippen molar-refractivity contribution >= 4 is 5.97 Å². The lowest BCUT2D eigenvalue weighted by Crippen LogP contribution is -2.41. The van der Waals surface area contributed by atoms with E-state index in [1.165, 1.54) is 20.0 Å². The summed E-state index contributed by atoms with van der Waals surface area (Å²) in [5.41, 5.74) is 0.484. The summed E-state index contributed by atoms with van der Waals surface area (Å²) >= 11 is 0. The van der Waals surface area contributed by atoms with Gasteiger partial charge in [0, 0.05) is 13.1 Å². The summed E-state index contributed by atoms with van der Waals surface area (Å²) in [7, 11) is 1.35. The van der Waals surface area contributed by atoms with E-state index in [1.807, 2.05) is 0 Å². The first-order valence-corrected chi connectivity index (χ1v) is 7.80. The van der Waals surface area contributed by atoms with E-state index in [2.05, 4.69) is 16.6 Å². The standard InChI is InChI=1S/C17H25NO4/c1-13-4-3-9-18(10-13)11-15(19)12-22-16-7-5-14(6-8-16)17(20)21-2/h5-8,13,15,19H,3-4,9-12H2,1-2H3. The second-order valence-electron chi connectivity index (χ2n) is 5.99. The number of aliphatic hydroxyl groups is 1. The molecule has 0 spiro atoms. The van der Waals surface area contributed by atoms with Gasteiger partial charge in [-0.1, -0.05) is 6.92 Å². The van der Waals surface area contributed by atoms with Gasteiger partial charge in [-0.25, -0.2) is 4.79 Å². The lowest BCUT2D eigenvalue weighted by molar-refractivity contribution is 0.0536. The van der Waals surface area contributed by atoms with Crippen LogP contribution in [0.2, 0.25) is 0 Å². The van der Waals surface area contributed by atoms with Crippen molar-refractivity contribution < 1.29 is 19.4 Å². The van der Waals surface area contributed by atoms with E-state index in [0.717, 1.165) is 13.1 Å². The number of methoxy groups -OCH3 is 1. The third-order valence-electron chi connectivity index (χ3n) is 3.93. The van der Waals surface area contributed by atoms with Crippen LogP contribution in [0.15, 0.2) is 24.3 Å². The zero-order valence-corrected chi connectivity index (χ0v) is 13.3. The van der Waals surface area contributed by atoms with Crippen molar-refractivity contribution in [3.63, 3.8) is 0 Å². The summed E-state index contributed by atoms with van der Waals surface area (Å²) in [6.07, 6.45) is 1.96. The van der Waals surface area contributed by atoms with Gasteiger partial charge in [0.05, 0.1) is 12.7 Å². The summed E-state index contributed by atoms with van der Waals surface area (Å²) < 4.78 is 10.2. The minimum absolute atomic E-state index is 0.252. The first-order chi connectivity index (χ1) is 10.6. The van der Waals surface area contributed by atoms with Crippen LogP contribution in [0.4, 0.5) is 0 Å². The molecule has 0 saturated carbocycles. The molecule has 1 saturated heterocycles. The van der Waals surface area contributed by atoms with Crippen LogP contribution >= 0.6 is 0 Å². The average molecular weight is 307 g/mol. The number of likely N-dealkylation sites (tertiary alicyclic amines) is 1. The van der Waals surface area contributed by atoms with Gasteiger partial charge in [-0.3, -0.25) is 0 Å². The van der Waals surface area contributed by atoms with Gasteiger partial charge in [-0.05, 0) is 49.6 Å². The van der Waals surface area contributed by atoms with Gasteiger partial charge in [0.15, 0.2) is 0 Å². The average Bonchev–Trinajstić information content (AvgIpc) is 2.52. The van der Waals surface area contributed by atoms with E-state index in [1.54, 1.807) is 24.3 Å². The van der Waals surface area contributed by atoms with Crippen molar-refractivity contribution in [2.24, 2.45) is 5.92 Å². The van der Waals surface area contributed by atoms with Crippen LogP contribution in [0, 0.1) is 5.92 Å². The molecule has 1 aliphatic heterocycles. The van der Waals surface area contributed by atoms with Crippen LogP contribution in [0.5, 0.6) is 5.75 Å². The number of hydrogen-bond donors (Lipinski definition) is 1. The van der Waals surface area contributed by atoms with Gasteiger partial charge in [0.1, 0.15) is 18.5 Å². The number of hydrogen-bond acceptors (Lipinski definition) is 5. The summed E-state index contributed by atoms with van der Waals surface area (Å²) in [6, 6.07) is 6.73. The number of aliphatic hydroxyl groups excluding tert-OH is 1. The number of nitrogens with zero attached hydrogens (tertiary/aromatic N) is 1. The van der Waals surface area contributed by atoms with Gasteiger partial charge in [0.25, 0.3) is 0 Å². The number of β-amino-alcohol motifs (C(OH)–C–C–N with tert-alkyl or cyclic N) is 1. The van der Waals surface area contributed by atoms with Crippen molar-refractivity contribution in [1.82, 2.24) is 4.90 Å². The topological polar surface area (TPSA) is 59.0 Å². The Balaban J connectivity index is 1.76. The highest BCUT2D eigenvalue weighted by Gasteiger charge is 2.19. The largest absolute Gasteiger partial charge is 0.491 e. The molecule has 5 nitrogen and oxygen atoms in total. The van der Waals surface area contributed by atoms with E-state index >= 15 is 0 Å². The van der Waals surface area contributed by atoms with Gasteiger partial charge in [-0.2, -0.15) is 0 Å². The zero-order chi connectivity index (χ0) is 15.9. The Morgan fingerprint density at radius 2 is 2.14 bits per heavy atom. The second kappa shape index (κ2) is 8.15. The molecule has 1 N–H and O–H groups in total. The molecule has 0 aliphatic carbocycles. The van der Waals surface area contributed by atoms with Gasteiger partial charge in [-0.15, -0.1) is 0 Å². The smallest absolute Gasteiger partial charge is 0.337 e. The number of rotatable bonds is 6. The Hall–Kier alpha value is -1.59. The minimum Gasteiger partial charge on any atom is -0.491 e. The van der Waals surface area contributed by atoms with Crippen molar-refractivity contribution in [2.75, 3.05) is 33.4 Å². The molecule has 1 aliphatic rings. The molecule has 2 unspecified atom stereocenters. The van der Waals surface area contributed by atoms with Crippen LogP contribution in [0.1, 0.15) is 30.1 Å². The third-order valence-corrected chi connectivity index (χ3v) is 3.93. The first kappa shape index (κ1) is 16.8. The number of piperidine rings is 1. The van der Waals surface area contributed by atoms with Crippen molar-refractivity contribution in [3.8, 4) is 5.75 Å². The molecular weight excluding hydrogens is 282 g/mol. The maximum absolute atomic E-state index is 11.3. The Kier molecular flexibility index (Phi) is 6.21. The summed E-state index contributed by atoms with van der Waals surface area (Å²) in [5, 5.41) is 10.1. The predicted molar refractivity (Wildman–Crippen MR) is 84.1 cm³/mol. The van der Waals surface area contributed by atoms with E-state index in [4.69, 9.17) is 4.74 Å². The molecule has 0 aromatic heterocycles. The summed E-state index contributed by atoms with van der Waals surface area (Å²) in [6.45, 7) is 5.24. The third kappa shape index (κ3) is 5.00. The van der Waals surface area contributed by atoms with E-state index in [9.17, 15) is 9.90 Å². The molecule has 0 bridgehead atoms. The zero-order valence-electron chi connectivity index (χ0n) is 13.3. The molecule has 1 aromatic carbocycles. The van der Waals surface area contributed by atoms with Gasteiger partial charge in [0.2, 0.25) is 0 Å². The predicted octanol–water partition coefficient (Wildman–Crippen LogP) is 1.94. The van der Waals surface area contributed by atoms with E-state index in [-0.39, 0.29) is 12.6 Å². The Labute approximate surface area is 131 Å². The maximum atomic E-state index is 11.3. The van der Waals surface area contributed by atoms with Crippen LogP contribution < -0.4 is 4.74 Å². The number of benzene rings is 1. The highest BCUT2D eigenvalue weighted by molar-refractivity contribution is 5.89. The maximum Gasteiger partial charge on any atom is 0.337 e. The SMILES string of the molecule is COC(=O)c1ccc(OCC(O)CN2CCCC(C)C2)cc1. The second-order valence-corrected chi connectivity index (χ2v) is 5.99. The summed E-state index contributed by atoms with van der Waals surface area (Å²) in [5.74, 6) is 0.970.